The molecule has 0 saturated carbocycles. The van der Waals surface area contributed by atoms with Gasteiger partial charge in [-0.15, -0.1) is 0 Å². The van der Waals surface area contributed by atoms with Crippen molar-refractivity contribution in [3.63, 3.8) is 0 Å². The van der Waals surface area contributed by atoms with Crippen LogP contribution in [0.4, 0.5) is 0 Å². The molecule has 2 aromatic rings. The monoisotopic (exact) mass is 349 g/mol. The molecule has 0 fully saturated rings. The van der Waals surface area contributed by atoms with Crippen LogP contribution in [-0.4, -0.2) is 36.9 Å². The number of nitrogens with one attached hydrogen (secondary N) is 1. The molecule has 1 atom stereocenters. The number of rotatable bonds is 5. The zero-order valence-corrected chi connectivity index (χ0v) is 15.5. The van der Waals surface area contributed by atoms with Crippen molar-refractivity contribution in [3.8, 4) is 17.2 Å². The summed E-state index contributed by atoms with van der Waals surface area (Å²) in [5, 5.41) is 12.0. The maximum absolute atomic E-state index is 12.5. The Balaban J connectivity index is 2.21. The molecule has 0 radical (unpaired) electrons. The first kappa shape index (κ1) is 19.2. The molecule has 0 spiro atoms. The van der Waals surface area contributed by atoms with Gasteiger partial charge in [-0.1, -0.05) is 44.2 Å². The van der Waals surface area contributed by atoms with Crippen molar-refractivity contribution in [3.05, 3.63) is 59.7 Å². The molecular weight excluding hydrogens is 326 g/mol. The topological polar surface area (TPSA) is 73.2 Å². The SMILES string of the molecule is CC(C)[C@@H](NC(=O)c1ccc(-c2ccccc2C#N)cc1)C(=O)N(C)C. The summed E-state index contributed by atoms with van der Waals surface area (Å²) in [7, 11) is 3.34. The number of likely N-dealkylation sites (N-methyl/N-ethyl adjacent to an activating group) is 1. The predicted octanol–water partition coefficient (Wildman–Crippen LogP) is 3.07. The molecule has 0 aliphatic heterocycles. The Bertz CT molecular complexity index is 833. The molecular formula is C21H23N3O2. The van der Waals surface area contributed by atoms with Gasteiger partial charge in [0.1, 0.15) is 6.04 Å². The van der Waals surface area contributed by atoms with Crippen LogP contribution in [0.25, 0.3) is 11.1 Å². The molecule has 0 bridgehead atoms. The van der Waals surface area contributed by atoms with Gasteiger partial charge in [0.15, 0.2) is 0 Å². The van der Waals surface area contributed by atoms with E-state index in [0.717, 1.165) is 11.1 Å². The number of hydrogen-bond donors (Lipinski definition) is 1. The second-order valence-corrected chi connectivity index (χ2v) is 6.66. The minimum absolute atomic E-state index is 0.0179. The number of benzene rings is 2. The number of hydrogen-bond acceptors (Lipinski definition) is 3. The van der Waals surface area contributed by atoms with Crippen molar-refractivity contribution in [2.45, 2.75) is 19.9 Å². The summed E-state index contributed by atoms with van der Waals surface area (Å²) in [6.07, 6.45) is 0. The molecule has 0 saturated heterocycles. The Hall–Kier alpha value is -3.13. The summed E-state index contributed by atoms with van der Waals surface area (Å²) in [5.74, 6) is -0.442. The molecule has 0 aliphatic rings. The molecule has 0 aromatic heterocycles. The maximum Gasteiger partial charge on any atom is 0.251 e. The highest BCUT2D eigenvalue weighted by Crippen LogP contribution is 2.23. The van der Waals surface area contributed by atoms with E-state index in [4.69, 9.17) is 0 Å². The Labute approximate surface area is 154 Å². The van der Waals surface area contributed by atoms with Crippen molar-refractivity contribution >= 4 is 11.8 Å². The maximum atomic E-state index is 12.5. The van der Waals surface area contributed by atoms with Crippen molar-refractivity contribution in [1.29, 1.82) is 5.26 Å². The van der Waals surface area contributed by atoms with Gasteiger partial charge in [0.05, 0.1) is 11.6 Å². The quantitative estimate of drug-likeness (QED) is 0.901. The van der Waals surface area contributed by atoms with Gasteiger partial charge in [0.2, 0.25) is 5.91 Å². The summed E-state index contributed by atoms with van der Waals surface area (Å²) < 4.78 is 0. The number of carbonyl (C=O) groups is 2. The van der Waals surface area contributed by atoms with Gasteiger partial charge in [-0.05, 0) is 35.2 Å². The molecule has 0 heterocycles. The standard InChI is InChI=1S/C21H23N3O2/c1-14(2)19(21(26)24(3)4)23-20(25)16-11-9-15(10-12-16)18-8-6-5-7-17(18)13-22/h5-12,14,19H,1-4H3,(H,23,25)/t19-/m1/s1. The molecule has 5 nitrogen and oxygen atoms in total. The van der Waals surface area contributed by atoms with Gasteiger partial charge in [-0.3, -0.25) is 9.59 Å². The van der Waals surface area contributed by atoms with E-state index in [9.17, 15) is 14.9 Å². The highest BCUT2D eigenvalue weighted by Gasteiger charge is 2.25. The van der Waals surface area contributed by atoms with E-state index < -0.39 is 6.04 Å². The first-order valence-corrected chi connectivity index (χ1v) is 8.46. The number of carbonyl (C=O) groups excluding carboxylic acids is 2. The lowest BCUT2D eigenvalue weighted by Gasteiger charge is -2.24. The van der Waals surface area contributed by atoms with Crippen molar-refractivity contribution in [2.75, 3.05) is 14.1 Å². The molecule has 1 N–H and O–H groups in total. The van der Waals surface area contributed by atoms with Crippen LogP contribution in [0, 0.1) is 17.2 Å². The lowest BCUT2D eigenvalue weighted by molar-refractivity contribution is -0.131. The Morgan fingerprint density at radius 3 is 2.19 bits per heavy atom. The fourth-order valence-electron chi connectivity index (χ4n) is 2.65. The van der Waals surface area contributed by atoms with Crippen molar-refractivity contribution in [2.24, 2.45) is 5.92 Å². The molecule has 2 rings (SSSR count). The van der Waals surface area contributed by atoms with Crippen LogP contribution in [0.3, 0.4) is 0 Å². The van der Waals surface area contributed by atoms with Crippen LogP contribution in [0.5, 0.6) is 0 Å². The predicted molar refractivity (Wildman–Crippen MR) is 101 cm³/mol. The lowest BCUT2D eigenvalue weighted by Crippen LogP contribution is -2.49. The fraction of sp³-hybridized carbons (Fsp3) is 0.286. The van der Waals surface area contributed by atoms with E-state index >= 15 is 0 Å². The number of amides is 2. The fourth-order valence-corrected chi connectivity index (χ4v) is 2.65. The highest BCUT2D eigenvalue weighted by molar-refractivity contribution is 5.98. The molecule has 26 heavy (non-hydrogen) atoms. The molecule has 2 aromatic carbocycles. The average molecular weight is 349 g/mol. The highest BCUT2D eigenvalue weighted by atomic mass is 16.2. The minimum Gasteiger partial charge on any atom is -0.347 e. The number of nitrogens with zero attached hydrogens (tertiary/aromatic N) is 2. The minimum atomic E-state index is -0.573. The van der Waals surface area contributed by atoms with E-state index in [2.05, 4.69) is 11.4 Å². The van der Waals surface area contributed by atoms with E-state index in [1.165, 1.54) is 4.90 Å². The second kappa shape index (κ2) is 8.30. The van der Waals surface area contributed by atoms with Crippen LogP contribution in [0.2, 0.25) is 0 Å². The van der Waals surface area contributed by atoms with Gasteiger partial charge in [-0.2, -0.15) is 5.26 Å². The largest absolute Gasteiger partial charge is 0.347 e. The van der Waals surface area contributed by atoms with Crippen LogP contribution in [0.1, 0.15) is 29.8 Å². The van der Waals surface area contributed by atoms with E-state index in [-0.39, 0.29) is 17.7 Å². The number of nitriles is 1. The van der Waals surface area contributed by atoms with E-state index in [1.54, 1.807) is 32.3 Å². The summed E-state index contributed by atoms with van der Waals surface area (Å²) in [4.78, 5) is 26.2. The summed E-state index contributed by atoms with van der Waals surface area (Å²) in [6, 6.07) is 15.9. The van der Waals surface area contributed by atoms with Crippen LogP contribution < -0.4 is 5.32 Å². The zero-order valence-electron chi connectivity index (χ0n) is 15.5. The van der Waals surface area contributed by atoms with Gasteiger partial charge in [0.25, 0.3) is 5.91 Å². The third-order valence-electron chi connectivity index (χ3n) is 4.17. The second-order valence-electron chi connectivity index (χ2n) is 6.66. The van der Waals surface area contributed by atoms with Crippen LogP contribution in [0.15, 0.2) is 48.5 Å². The normalized spacial score (nSPS) is 11.5. The zero-order chi connectivity index (χ0) is 19.3. The summed E-state index contributed by atoms with van der Waals surface area (Å²) in [5.41, 5.74) is 2.75. The smallest absolute Gasteiger partial charge is 0.251 e. The molecule has 5 heteroatoms. The van der Waals surface area contributed by atoms with E-state index in [0.29, 0.717) is 11.1 Å². The van der Waals surface area contributed by atoms with E-state index in [1.807, 2.05) is 44.2 Å². The first-order chi connectivity index (χ1) is 12.3. The van der Waals surface area contributed by atoms with Gasteiger partial charge < -0.3 is 10.2 Å². The van der Waals surface area contributed by atoms with Crippen LogP contribution in [-0.2, 0) is 4.79 Å². The Morgan fingerprint density at radius 1 is 1.04 bits per heavy atom. The van der Waals surface area contributed by atoms with Gasteiger partial charge in [-0.25, -0.2) is 0 Å². The van der Waals surface area contributed by atoms with Gasteiger partial charge in [0, 0.05) is 19.7 Å². The van der Waals surface area contributed by atoms with Crippen molar-refractivity contribution < 1.29 is 9.59 Å². The Morgan fingerprint density at radius 2 is 1.65 bits per heavy atom. The molecule has 2 amide bonds. The average Bonchev–Trinajstić information content (AvgIpc) is 2.65. The van der Waals surface area contributed by atoms with Crippen molar-refractivity contribution in [1.82, 2.24) is 10.2 Å². The van der Waals surface area contributed by atoms with Crippen LogP contribution >= 0.6 is 0 Å². The molecule has 0 aliphatic carbocycles. The van der Waals surface area contributed by atoms with Gasteiger partial charge >= 0.3 is 0 Å². The summed E-state index contributed by atoms with van der Waals surface area (Å²) >= 11 is 0. The molecule has 0 unspecified atom stereocenters. The Kier molecular flexibility index (Phi) is 6.13. The summed E-state index contributed by atoms with van der Waals surface area (Å²) in [6.45, 7) is 3.79. The first-order valence-electron chi connectivity index (χ1n) is 8.46. The third kappa shape index (κ3) is 4.28. The third-order valence-corrected chi connectivity index (χ3v) is 4.17. The lowest BCUT2D eigenvalue weighted by atomic mass is 9.98. The molecule has 134 valence electrons.